The van der Waals surface area contributed by atoms with Crippen LogP contribution in [0.1, 0.15) is 11.1 Å². The number of ether oxygens (including phenoxy) is 10. The standard InChI is InChI=1S/4C18H16N2O2.C17H15N3O2.C14H16N2/c19-13-4-1-6-15(10-13)21-17-8-3-9-18(12-17)22-16-7-2-5-14(20)11-16;19-13-3-1-5-17(11-13)21-15-7-9-16(10-8-15)22-18-6-2-4-14(20)12-18;19-13-5-3-7-15(11-13)21-17-9-1-2-10-18(17)22-16-8-4-6-14(20)12-16;19-13-5-9-15(10-6-13)21-17-3-1-2-4-18(17)22-16-11-7-14(20)8-12-16;18-12-6-1-3-8-14(12)21-16-10-5-11-17(20-16)22-15-9-4-2-7-13(15)19;1-9-7-11(3-5-13(9)15)12-4-6-14(16)10(2)8-12/h4*1-12H,19-20H2;1-11H,18-19H2;3-8H,15-16H2,1-2H3. The van der Waals surface area contributed by atoms with E-state index >= 15 is 0 Å². The molecule has 0 fully saturated rings. The van der Waals surface area contributed by atoms with Crippen LogP contribution < -0.4 is 116 Å². The first kappa shape index (κ1) is 87.6. The summed E-state index contributed by atoms with van der Waals surface area (Å²) in [6.45, 7) is 4.03. The first-order valence-electron chi connectivity index (χ1n) is 39.5. The molecule has 0 spiro atoms. The Morgan fingerprint density at radius 2 is 0.389 bits per heavy atom. The van der Waals surface area contributed by atoms with Crippen molar-refractivity contribution < 1.29 is 47.4 Å². The summed E-state index contributed by atoms with van der Waals surface area (Å²) in [7, 11) is 0. The van der Waals surface area contributed by atoms with Crippen LogP contribution in [0.5, 0.6) is 115 Å². The van der Waals surface area contributed by atoms with Gasteiger partial charge in [0.05, 0.1) is 11.4 Å². The molecule has 17 rings (SSSR count). The third kappa shape index (κ3) is 27.7. The Morgan fingerprint density at radius 3 is 0.675 bits per heavy atom. The number of para-hydroxylation sites is 8. The second-order valence-electron chi connectivity index (χ2n) is 28.0. The van der Waals surface area contributed by atoms with E-state index in [-0.39, 0.29) is 0 Å². The summed E-state index contributed by atoms with van der Waals surface area (Å²) in [5, 5.41) is 0. The first-order valence-corrected chi connectivity index (χ1v) is 39.5. The molecule has 1 aromatic heterocycles. The lowest BCUT2D eigenvalue weighted by molar-refractivity contribution is 0.419. The van der Waals surface area contributed by atoms with E-state index in [4.69, 9.17) is 116 Å². The summed E-state index contributed by atoms with van der Waals surface area (Å²) in [4.78, 5) is 4.29. The second-order valence-corrected chi connectivity index (χ2v) is 28.0. The van der Waals surface area contributed by atoms with Crippen molar-refractivity contribution in [2.24, 2.45) is 0 Å². The van der Waals surface area contributed by atoms with Crippen LogP contribution in [-0.2, 0) is 0 Å². The monoisotopic (exact) mass is 1670 g/mol. The molecule has 0 amide bonds. The molecule has 632 valence electrons. The maximum atomic E-state index is 5.86. The Bertz CT molecular complexity index is 6030. The van der Waals surface area contributed by atoms with E-state index in [1.165, 1.54) is 11.1 Å². The van der Waals surface area contributed by atoms with Crippen molar-refractivity contribution in [3.8, 4) is 126 Å². The average Bonchev–Trinajstić information content (AvgIpc) is 0.826. The van der Waals surface area contributed by atoms with Gasteiger partial charge in [-0.25, -0.2) is 0 Å². The highest BCUT2D eigenvalue weighted by molar-refractivity contribution is 5.71. The Hall–Kier alpha value is -17.7. The number of pyridine rings is 1. The van der Waals surface area contributed by atoms with Gasteiger partial charge >= 0.3 is 0 Å². The number of nitrogens with zero attached hydrogens (tertiary/aromatic N) is 1. The number of aryl methyl sites for hydroxylation is 2. The van der Waals surface area contributed by atoms with Crippen LogP contribution in [0, 0.1) is 13.8 Å². The van der Waals surface area contributed by atoms with Gasteiger partial charge in [-0.15, -0.1) is 0 Å². The van der Waals surface area contributed by atoms with Gasteiger partial charge in [0.25, 0.3) is 0 Å². The topological polar surface area (TPSA) is 417 Å². The molecule has 16 aromatic carbocycles. The zero-order valence-corrected chi connectivity index (χ0v) is 69.0. The SMILES string of the molecule is Cc1cc(-c2ccc(N)c(C)c2)ccc1N.Nc1ccc(Oc2ccccc2Oc2ccc(N)cc2)cc1.Nc1cccc(Oc2ccc(Oc3cccc(N)c3)cc2)c1.Nc1cccc(Oc2cccc(Oc3cccc(N)c3)c2)c1.Nc1cccc(Oc2ccccc2Oc2cccc(N)c2)c1.Nc1ccccc1Oc1cccc(Oc2ccccc2N)n1. The highest BCUT2D eigenvalue weighted by Gasteiger charge is 2.13. The van der Waals surface area contributed by atoms with Crippen molar-refractivity contribution in [2.45, 2.75) is 13.8 Å². The molecule has 0 aliphatic rings. The molecule has 23 heteroatoms. The third-order valence-electron chi connectivity index (χ3n) is 17.9. The van der Waals surface area contributed by atoms with Crippen LogP contribution in [-0.4, -0.2) is 4.98 Å². The quantitative estimate of drug-likeness (QED) is 0.0297. The molecule has 24 N–H and O–H groups in total. The van der Waals surface area contributed by atoms with Crippen molar-refractivity contribution in [1.29, 1.82) is 0 Å². The van der Waals surface area contributed by atoms with E-state index in [0.29, 0.717) is 172 Å². The van der Waals surface area contributed by atoms with E-state index in [1.807, 2.05) is 293 Å². The molecule has 0 unspecified atom stereocenters. The largest absolute Gasteiger partial charge is 0.457 e. The molecule has 0 saturated heterocycles. The van der Waals surface area contributed by atoms with Crippen LogP contribution >= 0.6 is 0 Å². The van der Waals surface area contributed by atoms with E-state index in [2.05, 4.69) is 17.1 Å². The smallest absolute Gasteiger partial charge is 0.222 e. The molecular weight excluding hydrogens is 1580 g/mol. The van der Waals surface area contributed by atoms with Crippen LogP contribution in [0.4, 0.5) is 68.2 Å². The summed E-state index contributed by atoms with van der Waals surface area (Å²) in [5.74, 6) is 12.6. The van der Waals surface area contributed by atoms with E-state index < -0.39 is 0 Å². The minimum atomic E-state index is 0.393. The van der Waals surface area contributed by atoms with Gasteiger partial charge in [0.15, 0.2) is 34.5 Å². The van der Waals surface area contributed by atoms with Gasteiger partial charge in [0.2, 0.25) is 11.8 Å². The van der Waals surface area contributed by atoms with Crippen LogP contribution in [0.2, 0.25) is 0 Å². The van der Waals surface area contributed by atoms with E-state index in [9.17, 15) is 0 Å². The van der Waals surface area contributed by atoms with Crippen molar-refractivity contribution in [1.82, 2.24) is 4.98 Å². The van der Waals surface area contributed by atoms with Crippen LogP contribution in [0.15, 0.2) is 394 Å². The minimum absolute atomic E-state index is 0.393. The molecular formula is C103H95N13O10. The van der Waals surface area contributed by atoms with Gasteiger partial charge in [0.1, 0.15) is 69.0 Å². The number of hydrogen-bond donors (Lipinski definition) is 12. The molecule has 0 atom stereocenters. The molecule has 126 heavy (non-hydrogen) atoms. The maximum absolute atomic E-state index is 5.86. The predicted molar refractivity (Wildman–Crippen MR) is 509 cm³/mol. The Balaban J connectivity index is 0.000000138. The Kier molecular flexibility index (Phi) is 30.5. The fourth-order valence-electron chi connectivity index (χ4n) is 11.6. The van der Waals surface area contributed by atoms with Gasteiger partial charge in [-0.05, 0) is 267 Å². The molecule has 17 aromatic rings. The maximum Gasteiger partial charge on any atom is 0.222 e. The number of anilines is 12. The molecule has 0 aliphatic carbocycles. The minimum Gasteiger partial charge on any atom is -0.457 e. The lowest BCUT2D eigenvalue weighted by Crippen LogP contribution is -1.96. The molecule has 0 saturated carbocycles. The lowest BCUT2D eigenvalue weighted by Gasteiger charge is -2.12. The number of nitrogen functional groups attached to an aromatic ring is 12. The number of benzene rings is 16. The fraction of sp³-hybridized carbons (Fsp3) is 0.0194. The van der Waals surface area contributed by atoms with Crippen molar-refractivity contribution in [2.75, 3.05) is 68.8 Å². The highest BCUT2D eigenvalue weighted by Crippen LogP contribution is 2.40. The van der Waals surface area contributed by atoms with Gasteiger partial charge in [-0.2, -0.15) is 4.98 Å². The normalized spacial score (nSPS) is 10.2. The number of rotatable bonds is 21. The summed E-state index contributed by atoms with van der Waals surface area (Å²) in [6, 6.07) is 120. The van der Waals surface area contributed by atoms with E-state index in [1.54, 1.807) is 103 Å². The van der Waals surface area contributed by atoms with Gasteiger partial charge < -0.3 is 116 Å². The second kappa shape index (κ2) is 43.8. The summed E-state index contributed by atoms with van der Waals surface area (Å²) < 4.78 is 57.8. The Labute approximate surface area is 731 Å². The number of nitrogens with two attached hydrogens (primary N) is 12. The molecule has 1 heterocycles. The summed E-state index contributed by atoms with van der Waals surface area (Å²) in [5.41, 5.74) is 81.7. The van der Waals surface area contributed by atoms with Gasteiger partial charge in [-0.1, -0.05) is 109 Å². The fourth-order valence-corrected chi connectivity index (χ4v) is 11.6. The van der Waals surface area contributed by atoms with Gasteiger partial charge in [-0.3, -0.25) is 0 Å². The first-order chi connectivity index (χ1) is 61.1. The van der Waals surface area contributed by atoms with E-state index in [0.717, 1.165) is 22.5 Å². The van der Waals surface area contributed by atoms with Crippen molar-refractivity contribution in [3.05, 3.63) is 405 Å². The number of hydrogen-bond acceptors (Lipinski definition) is 23. The third-order valence-corrected chi connectivity index (χ3v) is 17.9. The highest BCUT2D eigenvalue weighted by atomic mass is 16.5. The number of aromatic nitrogens is 1. The Morgan fingerprint density at radius 1 is 0.159 bits per heavy atom. The zero-order chi connectivity index (χ0) is 88.5. The van der Waals surface area contributed by atoms with Gasteiger partial charge in [0, 0.05) is 111 Å². The zero-order valence-electron chi connectivity index (χ0n) is 69.0. The summed E-state index contributed by atoms with van der Waals surface area (Å²) in [6.07, 6.45) is 0. The van der Waals surface area contributed by atoms with Crippen molar-refractivity contribution in [3.63, 3.8) is 0 Å². The van der Waals surface area contributed by atoms with Crippen LogP contribution in [0.25, 0.3) is 11.1 Å². The lowest BCUT2D eigenvalue weighted by atomic mass is 10.0. The van der Waals surface area contributed by atoms with Crippen molar-refractivity contribution >= 4 is 68.2 Å². The molecule has 23 nitrogen and oxygen atoms in total. The molecule has 0 radical (unpaired) electrons. The predicted octanol–water partition coefficient (Wildman–Crippen LogP) is 24.7. The average molecular weight is 1670 g/mol. The summed E-state index contributed by atoms with van der Waals surface area (Å²) >= 11 is 0. The molecule has 0 aliphatic heterocycles. The van der Waals surface area contributed by atoms with Crippen LogP contribution in [0.3, 0.4) is 0 Å². The molecule has 0 bridgehead atoms.